The summed E-state index contributed by atoms with van der Waals surface area (Å²) in [6, 6.07) is 9.62. The summed E-state index contributed by atoms with van der Waals surface area (Å²) in [5.41, 5.74) is 6.08. The highest BCUT2D eigenvalue weighted by atomic mass is 35.5. The van der Waals surface area contributed by atoms with E-state index in [1.165, 1.54) is 36.4 Å². The van der Waals surface area contributed by atoms with Crippen molar-refractivity contribution in [3.8, 4) is 0 Å². The number of nitrogens with two attached hydrogens (primary N) is 1. The average molecular weight is 335 g/mol. The van der Waals surface area contributed by atoms with Gasteiger partial charge in [0.25, 0.3) is 5.69 Å². The zero-order valence-electron chi connectivity index (χ0n) is 11.6. The van der Waals surface area contributed by atoms with Crippen molar-refractivity contribution in [1.82, 2.24) is 0 Å². The Kier molecular flexibility index (Phi) is 4.77. The van der Waals surface area contributed by atoms with Gasteiger partial charge < -0.3 is 16.4 Å². The van der Waals surface area contributed by atoms with E-state index in [4.69, 9.17) is 17.3 Å². The number of halogens is 1. The predicted octanol–water partition coefficient (Wildman–Crippen LogP) is 2.41. The molecule has 0 saturated carbocycles. The maximum absolute atomic E-state index is 11.8. The minimum atomic E-state index is -0.988. The van der Waals surface area contributed by atoms with Crippen LogP contribution >= 0.6 is 11.6 Å². The van der Waals surface area contributed by atoms with Crippen molar-refractivity contribution in [2.45, 2.75) is 0 Å². The minimum Gasteiger partial charge on any atom is -0.399 e. The number of hydrogen-bond donors (Lipinski definition) is 3. The molecule has 0 aromatic heterocycles. The lowest BCUT2D eigenvalue weighted by Gasteiger charge is -2.08. The topological polar surface area (TPSA) is 127 Å². The van der Waals surface area contributed by atoms with Gasteiger partial charge in [0, 0.05) is 23.5 Å². The normalized spacial score (nSPS) is 9.96. The number of carbonyl (C=O) groups excluding carboxylic acids is 2. The minimum absolute atomic E-state index is 0.128. The highest BCUT2D eigenvalue weighted by Gasteiger charge is 2.16. The lowest BCUT2D eigenvalue weighted by atomic mass is 10.2. The van der Waals surface area contributed by atoms with Gasteiger partial charge in [0.05, 0.1) is 15.6 Å². The van der Waals surface area contributed by atoms with Gasteiger partial charge in [0.1, 0.15) is 0 Å². The molecule has 0 aliphatic heterocycles. The first kappa shape index (κ1) is 16.2. The number of anilines is 3. The second-order valence-corrected chi connectivity index (χ2v) is 4.86. The summed E-state index contributed by atoms with van der Waals surface area (Å²) in [6.07, 6.45) is 0. The van der Waals surface area contributed by atoms with Gasteiger partial charge in [-0.25, -0.2) is 0 Å². The zero-order valence-corrected chi connectivity index (χ0v) is 12.3. The Labute approximate surface area is 135 Å². The highest BCUT2D eigenvalue weighted by Crippen LogP contribution is 2.24. The molecule has 0 radical (unpaired) electrons. The van der Waals surface area contributed by atoms with Crippen LogP contribution in [0.3, 0.4) is 0 Å². The molecule has 2 rings (SSSR count). The van der Waals surface area contributed by atoms with Gasteiger partial charge in [0.2, 0.25) is 0 Å². The number of carbonyl (C=O) groups is 2. The summed E-state index contributed by atoms with van der Waals surface area (Å²) < 4.78 is 0. The van der Waals surface area contributed by atoms with Crippen LogP contribution in [0.1, 0.15) is 0 Å². The van der Waals surface area contributed by atoms with Crippen molar-refractivity contribution in [3.63, 3.8) is 0 Å². The molecule has 0 unspecified atom stereocenters. The largest absolute Gasteiger partial charge is 0.399 e. The van der Waals surface area contributed by atoms with E-state index in [-0.39, 0.29) is 22.1 Å². The van der Waals surface area contributed by atoms with Crippen LogP contribution in [0.25, 0.3) is 0 Å². The summed E-state index contributed by atoms with van der Waals surface area (Å²) in [6.45, 7) is 0. The Bertz CT molecular complexity index is 794. The van der Waals surface area contributed by atoms with Crippen LogP contribution in [0.4, 0.5) is 22.7 Å². The first-order valence-electron chi connectivity index (χ1n) is 6.28. The van der Waals surface area contributed by atoms with Gasteiger partial charge >= 0.3 is 11.8 Å². The Morgan fingerprint density at radius 2 is 1.78 bits per heavy atom. The third kappa shape index (κ3) is 4.17. The van der Waals surface area contributed by atoms with Crippen LogP contribution in [-0.2, 0) is 9.59 Å². The molecule has 2 amide bonds. The van der Waals surface area contributed by atoms with Gasteiger partial charge in [-0.05, 0) is 24.3 Å². The monoisotopic (exact) mass is 334 g/mol. The second kappa shape index (κ2) is 6.75. The molecule has 2 aromatic carbocycles. The fourth-order valence-electron chi connectivity index (χ4n) is 1.70. The van der Waals surface area contributed by atoms with E-state index in [0.717, 1.165) is 6.07 Å². The standard InChI is InChI=1S/C14H11ClN4O4/c15-11-6-8(16)4-5-12(11)18-14(21)13(20)17-9-2-1-3-10(7-9)19(22)23/h1-7H,16H2,(H,17,20)(H,18,21). The highest BCUT2D eigenvalue weighted by molar-refractivity contribution is 6.44. The molecule has 0 atom stereocenters. The summed E-state index contributed by atoms with van der Waals surface area (Å²) in [5.74, 6) is -1.96. The van der Waals surface area contributed by atoms with Crippen LogP contribution in [0.15, 0.2) is 42.5 Å². The molecule has 0 aliphatic rings. The summed E-state index contributed by atoms with van der Waals surface area (Å²) in [7, 11) is 0. The molecule has 0 spiro atoms. The first-order valence-corrected chi connectivity index (χ1v) is 6.66. The molecule has 0 aliphatic carbocycles. The number of amides is 2. The SMILES string of the molecule is Nc1ccc(NC(=O)C(=O)Nc2cccc([N+](=O)[O-])c2)c(Cl)c1. The maximum atomic E-state index is 11.8. The number of non-ortho nitro benzene ring substituents is 1. The molecule has 0 fully saturated rings. The van der Waals surface area contributed by atoms with Crippen LogP contribution in [0.2, 0.25) is 5.02 Å². The number of benzene rings is 2. The molecule has 0 saturated heterocycles. The molecule has 23 heavy (non-hydrogen) atoms. The fraction of sp³-hybridized carbons (Fsp3) is 0. The molecule has 9 heteroatoms. The number of nitrogens with one attached hydrogen (secondary N) is 2. The van der Waals surface area contributed by atoms with Crippen molar-refractivity contribution < 1.29 is 14.5 Å². The zero-order chi connectivity index (χ0) is 17.0. The molecule has 8 nitrogen and oxygen atoms in total. The van der Waals surface area contributed by atoms with Gasteiger partial charge in [0.15, 0.2) is 0 Å². The van der Waals surface area contributed by atoms with Crippen molar-refractivity contribution in [2.24, 2.45) is 0 Å². The number of nitrogens with zero attached hydrogens (tertiary/aromatic N) is 1. The van der Waals surface area contributed by atoms with Crippen molar-refractivity contribution in [3.05, 3.63) is 57.6 Å². The predicted molar refractivity (Wildman–Crippen MR) is 86.2 cm³/mol. The average Bonchev–Trinajstić information content (AvgIpc) is 2.50. The van der Waals surface area contributed by atoms with Crippen LogP contribution in [0.5, 0.6) is 0 Å². The Morgan fingerprint density at radius 3 is 2.43 bits per heavy atom. The number of nitro groups is 1. The fourth-order valence-corrected chi connectivity index (χ4v) is 1.93. The van der Waals surface area contributed by atoms with E-state index in [2.05, 4.69) is 10.6 Å². The van der Waals surface area contributed by atoms with Gasteiger partial charge in [-0.15, -0.1) is 0 Å². The molecule has 4 N–H and O–H groups in total. The van der Waals surface area contributed by atoms with Crippen molar-refractivity contribution in [1.29, 1.82) is 0 Å². The van der Waals surface area contributed by atoms with Crippen LogP contribution in [-0.4, -0.2) is 16.7 Å². The third-order valence-corrected chi connectivity index (χ3v) is 3.08. The van der Waals surface area contributed by atoms with Crippen LogP contribution < -0.4 is 16.4 Å². The van der Waals surface area contributed by atoms with E-state index in [9.17, 15) is 19.7 Å². The van der Waals surface area contributed by atoms with E-state index in [1.54, 1.807) is 0 Å². The second-order valence-electron chi connectivity index (χ2n) is 4.45. The van der Waals surface area contributed by atoms with Crippen LogP contribution in [0, 0.1) is 10.1 Å². The van der Waals surface area contributed by atoms with Crippen molar-refractivity contribution >= 4 is 46.2 Å². The Morgan fingerprint density at radius 1 is 1.09 bits per heavy atom. The van der Waals surface area contributed by atoms with E-state index in [0.29, 0.717) is 5.69 Å². The van der Waals surface area contributed by atoms with Gasteiger partial charge in [-0.3, -0.25) is 19.7 Å². The van der Waals surface area contributed by atoms with E-state index >= 15 is 0 Å². The third-order valence-electron chi connectivity index (χ3n) is 2.76. The number of hydrogen-bond acceptors (Lipinski definition) is 5. The maximum Gasteiger partial charge on any atom is 0.314 e. The molecule has 2 aromatic rings. The van der Waals surface area contributed by atoms with E-state index in [1.807, 2.05) is 0 Å². The lowest BCUT2D eigenvalue weighted by Crippen LogP contribution is -2.29. The molecule has 0 bridgehead atoms. The number of nitrogen functional groups attached to an aromatic ring is 1. The van der Waals surface area contributed by atoms with E-state index < -0.39 is 16.7 Å². The Balaban J connectivity index is 2.07. The summed E-state index contributed by atoms with van der Waals surface area (Å²) in [4.78, 5) is 33.7. The van der Waals surface area contributed by atoms with Gasteiger partial charge in [-0.2, -0.15) is 0 Å². The molecule has 0 heterocycles. The number of rotatable bonds is 3. The summed E-state index contributed by atoms with van der Waals surface area (Å²) in [5, 5.41) is 15.4. The van der Waals surface area contributed by atoms with Gasteiger partial charge in [-0.1, -0.05) is 17.7 Å². The number of nitro benzene ring substituents is 1. The molecule has 118 valence electrons. The van der Waals surface area contributed by atoms with Crippen molar-refractivity contribution in [2.75, 3.05) is 16.4 Å². The quantitative estimate of drug-likeness (QED) is 0.344. The molecular formula is C14H11ClN4O4. The smallest absolute Gasteiger partial charge is 0.314 e. The summed E-state index contributed by atoms with van der Waals surface area (Å²) >= 11 is 5.89. The Hall–Kier alpha value is -3.13. The lowest BCUT2D eigenvalue weighted by molar-refractivity contribution is -0.384. The first-order chi connectivity index (χ1) is 10.9. The molecular weight excluding hydrogens is 324 g/mol.